The summed E-state index contributed by atoms with van der Waals surface area (Å²) in [5.41, 5.74) is 3.29. The van der Waals surface area contributed by atoms with E-state index in [2.05, 4.69) is 10.4 Å². The first-order valence-electron chi connectivity index (χ1n) is 12.1. The number of benzene rings is 2. The minimum Gasteiger partial charge on any atom is -0.385 e. The summed E-state index contributed by atoms with van der Waals surface area (Å²) < 4.78 is 6.86. The van der Waals surface area contributed by atoms with E-state index in [0.29, 0.717) is 13.0 Å². The van der Waals surface area contributed by atoms with E-state index in [9.17, 15) is 14.4 Å². The van der Waals surface area contributed by atoms with Crippen molar-refractivity contribution in [3.63, 3.8) is 0 Å². The lowest BCUT2D eigenvalue weighted by Gasteiger charge is -2.28. The van der Waals surface area contributed by atoms with E-state index in [0.717, 1.165) is 27.9 Å². The van der Waals surface area contributed by atoms with Crippen LogP contribution in [0.5, 0.6) is 0 Å². The van der Waals surface area contributed by atoms with Gasteiger partial charge in [-0.1, -0.05) is 42.5 Å². The lowest BCUT2D eigenvalue weighted by atomic mass is 9.74. The molecule has 0 radical (unpaired) electrons. The predicted octanol–water partition coefficient (Wildman–Crippen LogP) is 3.23. The molecule has 8 heteroatoms. The van der Waals surface area contributed by atoms with Gasteiger partial charge in [0.15, 0.2) is 0 Å². The summed E-state index contributed by atoms with van der Waals surface area (Å²) in [4.78, 5) is 41.0. The Balaban J connectivity index is 1.51. The molecule has 1 aliphatic rings. The molecule has 1 saturated heterocycles. The summed E-state index contributed by atoms with van der Waals surface area (Å²) in [5, 5.41) is 7.35. The van der Waals surface area contributed by atoms with Crippen LogP contribution in [0.2, 0.25) is 0 Å². The molecule has 8 nitrogen and oxygen atoms in total. The minimum absolute atomic E-state index is 0.0255. The summed E-state index contributed by atoms with van der Waals surface area (Å²) in [5.74, 6) is -0.867. The molecule has 188 valence electrons. The number of amides is 3. The second-order valence-corrected chi connectivity index (χ2v) is 9.30. The molecule has 2 aromatic carbocycles. The molecule has 0 saturated carbocycles. The summed E-state index contributed by atoms with van der Waals surface area (Å²) in [6, 6.07) is 15.4. The quantitative estimate of drug-likeness (QED) is 0.349. The maximum Gasteiger partial charge on any atom is 0.240 e. The van der Waals surface area contributed by atoms with Gasteiger partial charge in [0, 0.05) is 51.4 Å². The lowest BCUT2D eigenvalue weighted by molar-refractivity contribution is -0.141. The number of hydrogen-bond acceptors (Lipinski definition) is 5. The molecule has 1 fully saturated rings. The molecule has 0 aliphatic carbocycles. The second kappa shape index (κ2) is 10.9. The minimum atomic E-state index is -1.22. The van der Waals surface area contributed by atoms with Crippen molar-refractivity contribution in [2.75, 3.05) is 20.3 Å². The number of aromatic nitrogens is 2. The zero-order chi connectivity index (χ0) is 25.7. The Morgan fingerprint density at radius 3 is 2.53 bits per heavy atom. The number of para-hydroxylation sites is 1. The number of carbonyl (C=O) groups excluding carboxylic acids is 3. The fraction of sp³-hybridized carbons (Fsp3) is 0.357. The van der Waals surface area contributed by atoms with Gasteiger partial charge in [-0.15, -0.1) is 0 Å². The molecule has 3 aromatic rings. The third-order valence-electron chi connectivity index (χ3n) is 6.75. The van der Waals surface area contributed by atoms with Crippen molar-refractivity contribution < 1.29 is 19.1 Å². The molecule has 0 spiro atoms. The van der Waals surface area contributed by atoms with Crippen molar-refractivity contribution in [2.45, 2.75) is 45.1 Å². The van der Waals surface area contributed by atoms with Crippen molar-refractivity contribution in [1.29, 1.82) is 0 Å². The molecule has 4 rings (SSSR count). The van der Waals surface area contributed by atoms with Crippen LogP contribution in [-0.2, 0) is 31.1 Å². The van der Waals surface area contributed by atoms with E-state index < -0.39 is 5.41 Å². The van der Waals surface area contributed by atoms with Gasteiger partial charge in [0.25, 0.3) is 0 Å². The monoisotopic (exact) mass is 488 g/mol. The van der Waals surface area contributed by atoms with E-state index in [1.54, 1.807) is 18.0 Å². The smallest absolute Gasteiger partial charge is 0.240 e. The number of hydrogen-bond donors (Lipinski definition) is 1. The van der Waals surface area contributed by atoms with Crippen LogP contribution in [0.3, 0.4) is 0 Å². The summed E-state index contributed by atoms with van der Waals surface area (Å²) in [7, 11) is 1.58. The second-order valence-electron chi connectivity index (χ2n) is 9.30. The first-order valence-corrected chi connectivity index (χ1v) is 12.1. The van der Waals surface area contributed by atoms with Crippen molar-refractivity contribution in [3.8, 4) is 5.69 Å². The highest BCUT2D eigenvalue weighted by Gasteiger charge is 2.53. The Labute approximate surface area is 211 Å². The van der Waals surface area contributed by atoms with Crippen molar-refractivity contribution in [2.24, 2.45) is 0 Å². The van der Waals surface area contributed by atoms with Crippen molar-refractivity contribution >= 4 is 17.7 Å². The Morgan fingerprint density at radius 1 is 1.08 bits per heavy atom. The molecule has 2 heterocycles. The van der Waals surface area contributed by atoms with Gasteiger partial charge in [-0.3, -0.25) is 19.3 Å². The van der Waals surface area contributed by atoms with Crippen LogP contribution in [-0.4, -0.2) is 52.7 Å². The predicted molar refractivity (Wildman–Crippen MR) is 135 cm³/mol. The molecule has 1 aromatic heterocycles. The van der Waals surface area contributed by atoms with E-state index >= 15 is 0 Å². The average molecular weight is 489 g/mol. The van der Waals surface area contributed by atoms with Crippen LogP contribution in [0, 0.1) is 13.8 Å². The van der Waals surface area contributed by atoms with Gasteiger partial charge >= 0.3 is 0 Å². The van der Waals surface area contributed by atoms with Crippen LogP contribution >= 0.6 is 0 Å². The van der Waals surface area contributed by atoms with Gasteiger partial charge in [0.05, 0.1) is 17.3 Å². The number of aryl methyl sites for hydroxylation is 2. The SMILES string of the molecule is COCCCN1C(=O)C[C@@](CC(=O)NCc2cnn(-c3ccccc3C)c2)(c2ccccc2C)C1=O. The third-order valence-corrected chi connectivity index (χ3v) is 6.75. The lowest BCUT2D eigenvalue weighted by Crippen LogP contribution is -2.43. The molecule has 36 heavy (non-hydrogen) atoms. The van der Waals surface area contributed by atoms with Crippen LogP contribution in [0.15, 0.2) is 60.9 Å². The van der Waals surface area contributed by atoms with E-state index in [-0.39, 0.29) is 43.7 Å². The number of ether oxygens (including phenoxy) is 1. The van der Waals surface area contributed by atoms with Crippen LogP contribution in [0.25, 0.3) is 5.69 Å². The van der Waals surface area contributed by atoms with Gasteiger partial charge in [-0.05, 0) is 43.0 Å². The van der Waals surface area contributed by atoms with E-state index in [1.807, 2.05) is 68.6 Å². The van der Waals surface area contributed by atoms with E-state index in [1.165, 1.54) is 4.90 Å². The summed E-state index contributed by atoms with van der Waals surface area (Å²) in [6.07, 6.45) is 4.01. The largest absolute Gasteiger partial charge is 0.385 e. The molecule has 3 amide bonds. The van der Waals surface area contributed by atoms with Gasteiger partial charge < -0.3 is 10.1 Å². The van der Waals surface area contributed by atoms with Gasteiger partial charge in [-0.25, -0.2) is 4.68 Å². The fourth-order valence-electron chi connectivity index (χ4n) is 4.89. The summed E-state index contributed by atoms with van der Waals surface area (Å²) in [6.45, 7) is 4.92. The molecular formula is C28H32N4O4. The number of nitrogens with zero attached hydrogens (tertiary/aromatic N) is 3. The maximum atomic E-state index is 13.7. The van der Waals surface area contributed by atoms with Crippen molar-refractivity contribution in [3.05, 3.63) is 83.2 Å². The molecule has 1 atom stereocenters. The number of likely N-dealkylation sites (tertiary alicyclic amines) is 1. The first-order chi connectivity index (χ1) is 17.4. The molecular weight excluding hydrogens is 456 g/mol. The Bertz CT molecular complexity index is 1270. The third kappa shape index (κ3) is 5.09. The highest BCUT2D eigenvalue weighted by Crippen LogP contribution is 2.41. The highest BCUT2D eigenvalue weighted by molar-refractivity contribution is 6.10. The number of imide groups is 1. The highest BCUT2D eigenvalue weighted by atomic mass is 16.5. The molecule has 0 unspecified atom stereocenters. The fourth-order valence-corrected chi connectivity index (χ4v) is 4.89. The van der Waals surface area contributed by atoms with E-state index in [4.69, 9.17) is 4.74 Å². The first kappa shape index (κ1) is 25.3. The topological polar surface area (TPSA) is 93.5 Å². The maximum absolute atomic E-state index is 13.7. The number of nitrogens with one attached hydrogen (secondary N) is 1. The Hall–Kier alpha value is -3.78. The number of rotatable bonds is 10. The van der Waals surface area contributed by atoms with Gasteiger partial charge in [0.2, 0.25) is 17.7 Å². The van der Waals surface area contributed by atoms with Crippen LogP contribution in [0.1, 0.15) is 41.5 Å². The number of carbonyl (C=O) groups is 3. The Morgan fingerprint density at radius 2 is 1.81 bits per heavy atom. The normalized spacial score (nSPS) is 17.6. The number of methoxy groups -OCH3 is 1. The zero-order valence-electron chi connectivity index (χ0n) is 21.0. The van der Waals surface area contributed by atoms with Gasteiger partial charge in [-0.2, -0.15) is 5.10 Å². The van der Waals surface area contributed by atoms with Gasteiger partial charge in [0.1, 0.15) is 0 Å². The van der Waals surface area contributed by atoms with Crippen LogP contribution < -0.4 is 5.32 Å². The summed E-state index contributed by atoms with van der Waals surface area (Å²) >= 11 is 0. The van der Waals surface area contributed by atoms with Crippen LogP contribution in [0.4, 0.5) is 0 Å². The molecule has 0 bridgehead atoms. The molecule has 1 N–H and O–H groups in total. The molecule has 1 aliphatic heterocycles. The zero-order valence-corrected chi connectivity index (χ0v) is 21.0. The average Bonchev–Trinajstić information content (AvgIpc) is 3.42. The Kier molecular flexibility index (Phi) is 7.64. The van der Waals surface area contributed by atoms with Crippen molar-refractivity contribution in [1.82, 2.24) is 20.0 Å². The standard InChI is InChI=1S/C28H32N4O4/c1-20-9-4-6-11-23(20)28(16-26(34)31(27(28)35)13-8-14-36-3)15-25(33)29-17-22-18-30-32(19-22)24-12-7-5-10-21(24)2/h4-7,9-12,18-19H,8,13-17H2,1-3H3,(H,29,33)/t28-/m0/s1.